The number of alkyl halides is 3. The van der Waals surface area contributed by atoms with E-state index in [1.165, 1.54) is 18.2 Å². The molecule has 0 saturated carbocycles. The molecule has 0 unspecified atom stereocenters. The number of nitrogens with one attached hydrogen (secondary N) is 1. The number of carbonyl (C=O) groups is 1. The van der Waals surface area contributed by atoms with Gasteiger partial charge in [-0.3, -0.25) is 4.79 Å². The van der Waals surface area contributed by atoms with Crippen LogP contribution < -0.4 is 19.5 Å². The molecule has 39 heavy (non-hydrogen) atoms. The van der Waals surface area contributed by atoms with E-state index in [4.69, 9.17) is 14.2 Å². The molecule has 1 aliphatic rings. The van der Waals surface area contributed by atoms with Crippen LogP contribution in [-0.4, -0.2) is 58.3 Å². The van der Waals surface area contributed by atoms with Crippen molar-refractivity contribution in [3.8, 4) is 17.2 Å². The highest BCUT2D eigenvalue weighted by Gasteiger charge is 2.36. The van der Waals surface area contributed by atoms with Gasteiger partial charge in [0.1, 0.15) is 5.75 Å². The Balaban J connectivity index is 1.47. The van der Waals surface area contributed by atoms with Crippen LogP contribution in [0.5, 0.6) is 17.2 Å². The molecule has 1 amide bonds. The van der Waals surface area contributed by atoms with Gasteiger partial charge in [0, 0.05) is 32.1 Å². The van der Waals surface area contributed by atoms with Gasteiger partial charge in [0.15, 0.2) is 11.5 Å². The third-order valence-corrected chi connectivity index (χ3v) is 7.23. The number of rotatable bonds is 10. The molecular weight excluding hydrogens is 509 g/mol. The predicted octanol–water partition coefficient (Wildman–Crippen LogP) is 5.42. The van der Waals surface area contributed by atoms with Gasteiger partial charge in [-0.15, -0.1) is 0 Å². The molecule has 9 heteroatoms. The number of methoxy groups -OCH3 is 3. The lowest BCUT2D eigenvalue weighted by atomic mass is 9.88. The second-order valence-corrected chi connectivity index (χ2v) is 9.59. The largest absolute Gasteiger partial charge is 0.497 e. The number of nitrogens with zero attached hydrogens (tertiary/aromatic N) is 1. The highest BCUT2D eigenvalue weighted by atomic mass is 19.4. The quantitative estimate of drug-likeness (QED) is 0.371. The molecule has 1 heterocycles. The molecule has 1 N–H and O–H groups in total. The average Bonchev–Trinajstić information content (AvgIpc) is 3.37. The van der Waals surface area contributed by atoms with Crippen LogP contribution in [0.3, 0.4) is 0 Å². The van der Waals surface area contributed by atoms with Crippen LogP contribution in [0.1, 0.15) is 33.0 Å². The first kappa shape index (κ1) is 28.3. The van der Waals surface area contributed by atoms with Gasteiger partial charge in [-0.2, -0.15) is 13.2 Å². The van der Waals surface area contributed by atoms with E-state index in [9.17, 15) is 18.0 Å². The number of halogens is 3. The fraction of sp³-hybridized carbons (Fsp3) is 0.367. The van der Waals surface area contributed by atoms with Crippen molar-refractivity contribution in [2.45, 2.75) is 18.5 Å². The normalized spacial score (nSPS) is 17.6. The number of hydrogen-bond donors (Lipinski definition) is 1. The van der Waals surface area contributed by atoms with Crippen molar-refractivity contribution in [3.63, 3.8) is 0 Å². The fourth-order valence-corrected chi connectivity index (χ4v) is 5.15. The molecule has 208 valence electrons. The summed E-state index contributed by atoms with van der Waals surface area (Å²) in [5.74, 6) is 1.48. The summed E-state index contributed by atoms with van der Waals surface area (Å²) in [7, 11) is 4.81. The van der Waals surface area contributed by atoms with Crippen molar-refractivity contribution in [1.82, 2.24) is 10.2 Å². The lowest BCUT2D eigenvalue weighted by molar-refractivity contribution is -0.137. The molecule has 1 fully saturated rings. The SMILES string of the molecule is COc1ccc([C@H]2CN(CCc3ccc(OC)c(OC)c3)C[C@@H]2CNC(=O)c2ccccc2C(F)(F)F)cc1. The van der Waals surface area contributed by atoms with E-state index in [1.54, 1.807) is 21.3 Å². The highest BCUT2D eigenvalue weighted by molar-refractivity contribution is 5.95. The maximum absolute atomic E-state index is 13.4. The summed E-state index contributed by atoms with van der Waals surface area (Å²) >= 11 is 0. The van der Waals surface area contributed by atoms with E-state index < -0.39 is 17.6 Å². The van der Waals surface area contributed by atoms with Gasteiger partial charge in [-0.05, 0) is 59.9 Å². The molecule has 0 radical (unpaired) electrons. The standard InChI is InChI=1S/C30H33F3N2O4/c1-37-23-11-9-21(10-12-23)25-19-35(15-14-20-8-13-27(38-2)28(16-20)39-3)18-22(25)17-34-29(36)24-6-4-5-7-26(24)30(31,32)33/h4-13,16,22,25H,14-15,17-19H2,1-3H3,(H,34,36)/t22-,25+/m0/s1. The van der Waals surface area contributed by atoms with Crippen molar-refractivity contribution in [2.75, 3.05) is 47.5 Å². The maximum atomic E-state index is 13.4. The lowest BCUT2D eigenvalue weighted by Crippen LogP contribution is -2.33. The average molecular weight is 543 g/mol. The zero-order valence-corrected chi connectivity index (χ0v) is 22.3. The van der Waals surface area contributed by atoms with Crippen LogP contribution in [0.4, 0.5) is 13.2 Å². The summed E-state index contributed by atoms with van der Waals surface area (Å²) in [6.45, 7) is 2.50. The van der Waals surface area contributed by atoms with Crippen LogP contribution in [0.15, 0.2) is 66.7 Å². The van der Waals surface area contributed by atoms with Crippen molar-refractivity contribution in [1.29, 1.82) is 0 Å². The number of hydrogen-bond acceptors (Lipinski definition) is 5. The number of ether oxygens (including phenoxy) is 3. The Morgan fingerprint density at radius 2 is 1.64 bits per heavy atom. The van der Waals surface area contributed by atoms with E-state index in [1.807, 2.05) is 42.5 Å². The zero-order chi connectivity index (χ0) is 28.0. The first-order chi connectivity index (χ1) is 18.7. The highest BCUT2D eigenvalue weighted by Crippen LogP contribution is 2.35. The molecule has 3 aromatic carbocycles. The summed E-state index contributed by atoms with van der Waals surface area (Å²) in [4.78, 5) is 15.2. The number of benzene rings is 3. The fourth-order valence-electron chi connectivity index (χ4n) is 5.15. The van der Waals surface area contributed by atoms with Crippen molar-refractivity contribution >= 4 is 5.91 Å². The molecular formula is C30H33F3N2O4. The molecule has 6 nitrogen and oxygen atoms in total. The molecule has 0 aromatic heterocycles. The minimum absolute atomic E-state index is 0.0193. The Kier molecular flexibility index (Phi) is 9.01. The Bertz CT molecular complexity index is 1260. The number of amides is 1. The van der Waals surface area contributed by atoms with Crippen LogP contribution in [0.2, 0.25) is 0 Å². The van der Waals surface area contributed by atoms with Gasteiger partial charge in [-0.1, -0.05) is 30.3 Å². The van der Waals surface area contributed by atoms with E-state index in [0.29, 0.717) is 18.0 Å². The molecule has 3 aromatic rings. The van der Waals surface area contributed by atoms with Gasteiger partial charge < -0.3 is 24.4 Å². The third kappa shape index (κ3) is 6.84. The smallest absolute Gasteiger partial charge is 0.417 e. The van der Waals surface area contributed by atoms with Crippen molar-refractivity contribution in [2.24, 2.45) is 5.92 Å². The molecule has 1 aliphatic heterocycles. The first-order valence-corrected chi connectivity index (χ1v) is 12.7. The maximum Gasteiger partial charge on any atom is 0.417 e. The summed E-state index contributed by atoms with van der Waals surface area (Å²) in [6, 6.07) is 18.5. The van der Waals surface area contributed by atoms with Gasteiger partial charge in [-0.25, -0.2) is 0 Å². The van der Waals surface area contributed by atoms with Gasteiger partial charge in [0.2, 0.25) is 0 Å². The summed E-state index contributed by atoms with van der Waals surface area (Å²) in [5.41, 5.74) is 0.903. The van der Waals surface area contributed by atoms with Gasteiger partial charge >= 0.3 is 6.18 Å². The number of likely N-dealkylation sites (tertiary alicyclic amines) is 1. The minimum Gasteiger partial charge on any atom is -0.497 e. The predicted molar refractivity (Wildman–Crippen MR) is 143 cm³/mol. The Morgan fingerprint density at radius 3 is 2.31 bits per heavy atom. The molecule has 1 saturated heterocycles. The Morgan fingerprint density at radius 1 is 0.923 bits per heavy atom. The van der Waals surface area contributed by atoms with E-state index in [0.717, 1.165) is 42.5 Å². The number of carbonyl (C=O) groups excluding carboxylic acids is 1. The second kappa shape index (κ2) is 12.4. The Labute approximate surface area is 226 Å². The third-order valence-electron chi connectivity index (χ3n) is 7.23. The summed E-state index contributed by atoms with van der Waals surface area (Å²) < 4.78 is 56.4. The van der Waals surface area contributed by atoms with Crippen molar-refractivity contribution in [3.05, 3.63) is 89.0 Å². The second-order valence-electron chi connectivity index (χ2n) is 9.59. The van der Waals surface area contributed by atoms with Crippen LogP contribution in [0.25, 0.3) is 0 Å². The topological polar surface area (TPSA) is 60.0 Å². The lowest BCUT2D eigenvalue weighted by Gasteiger charge is -2.20. The minimum atomic E-state index is -4.60. The zero-order valence-electron chi connectivity index (χ0n) is 22.3. The molecule has 4 rings (SSSR count). The van der Waals surface area contributed by atoms with Crippen LogP contribution in [0, 0.1) is 5.92 Å². The van der Waals surface area contributed by atoms with E-state index in [2.05, 4.69) is 10.2 Å². The van der Waals surface area contributed by atoms with E-state index >= 15 is 0 Å². The van der Waals surface area contributed by atoms with Crippen LogP contribution in [-0.2, 0) is 12.6 Å². The first-order valence-electron chi connectivity index (χ1n) is 12.7. The molecule has 0 bridgehead atoms. The summed E-state index contributed by atoms with van der Waals surface area (Å²) in [6.07, 6.45) is -3.82. The monoisotopic (exact) mass is 542 g/mol. The van der Waals surface area contributed by atoms with E-state index in [-0.39, 0.29) is 23.9 Å². The molecule has 2 atom stereocenters. The Hall–Kier alpha value is -3.72. The molecule has 0 spiro atoms. The summed E-state index contributed by atoms with van der Waals surface area (Å²) in [5, 5.41) is 2.78. The van der Waals surface area contributed by atoms with Gasteiger partial charge in [0.25, 0.3) is 5.91 Å². The molecule has 0 aliphatic carbocycles. The van der Waals surface area contributed by atoms with Crippen molar-refractivity contribution < 1.29 is 32.2 Å². The van der Waals surface area contributed by atoms with Crippen LogP contribution >= 0.6 is 0 Å². The van der Waals surface area contributed by atoms with Gasteiger partial charge in [0.05, 0.1) is 32.5 Å².